The number of carbonyl (C=O) groups excluding carboxylic acids is 3. The van der Waals surface area contributed by atoms with Crippen LogP contribution in [0.2, 0.25) is 5.02 Å². The van der Waals surface area contributed by atoms with Crippen molar-refractivity contribution in [2.24, 2.45) is 0 Å². The van der Waals surface area contributed by atoms with Gasteiger partial charge < -0.3 is 5.32 Å². The van der Waals surface area contributed by atoms with Crippen LogP contribution in [-0.2, 0) is 9.59 Å². The maximum absolute atomic E-state index is 12.7. The Morgan fingerprint density at radius 3 is 2.45 bits per heavy atom. The first-order valence-corrected chi connectivity index (χ1v) is 9.31. The number of para-hydroxylation sites is 1. The van der Waals surface area contributed by atoms with Crippen molar-refractivity contribution in [3.8, 4) is 11.3 Å². The van der Waals surface area contributed by atoms with Crippen LogP contribution >= 0.6 is 11.6 Å². The molecule has 2 aromatic carbocycles. The number of benzene rings is 2. The van der Waals surface area contributed by atoms with Crippen LogP contribution in [0, 0.1) is 0 Å². The monoisotopic (exact) mass is 410 g/mol. The average molecular weight is 411 g/mol. The number of hydrogen-bond donors (Lipinski definition) is 3. The summed E-state index contributed by atoms with van der Waals surface area (Å²) in [4.78, 5) is 40.0. The van der Waals surface area contributed by atoms with Gasteiger partial charge in [-0.15, -0.1) is 0 Å². The van der Waals surface area contributed by atoms with Crippen LogP contribution in [0.1, 0.15) is 23.7 Å². The van der Waals surface area contributed by atoms with E-state index in [-0.39, 0.29) is 18.9 Å². The van der Waals surface area contributed by atoms with E-state index in [1.54, 1.807) is 24.3 Å². The summed E-state index contributed by atoms with van der Waals surface area (Å²) in [6.45, 7) is 1.56. The largest absolute Gasteiger partial charge is 0.356 e. The van der Waals surface area contributed by atoms with Gasteiger partial charge in [0.1, 0.15) is 0 Å². The topological polar surface area (TPSA) is 100 Å². The van der Waals surface area contributed by atoms with Gasteiger partial charge in [-0.1, -0.05) is 41.9 Å². The fraction of sp³-hybridized carbons (Fsp3) is 0.143. The van der Waals surface area contributed by atoms with E-state index in [2.05, 4.69) is 21.2 Å². The molecule has 0 bridgehead atoms. The van der Waals surface area contributed by atoms with Crippen LogP contribution < -0.4 is 16.2 Å². The van der Waals surface area contributed by atoms with Crippen LogP contribution in [0.3, 0.4) is 0 Å². The molecule has 0 saturated heterocycles. The lowest BCUT2D eigenvalue weighted by Crippen LogP contribution is -2.42. The molecule has 148 valence electrons. The second-order valence-corrected chi connectivity index (χ2v) is 6.75. The number of nitrogens with zero attached hydrogens (tertiary/aromatic N) is 1. The fourth-order valence-electron chi connectivity index (χ4n) is 2.74. The highest BCUT2D eigenvalue weighted by atomic mass is 35.5. The van der Waals surface area contributed by atoms with Crippen molar-refractivity contribution < 1.29 is 14.4 Å². The summed E-state index contributed by atoms with van der Waals surface area (Å²) in [6.07, 6.45) is 0.0486. The molecule has 0 aliphatic rings. The number of amides is 3. The number of nitrogens with one attached hydrogen (secondary N) is 3. The van der Waals surface area contributed by atoms with Crippen LogP contribution in [0.4, 0.5) is 0 Å². The number of halogens is 1. The number of hydrogen-bond acceptors (Lipinski definition) is 4. The summed E-state index contributed by atoms with van der Waals surface area (Å²) >= 11 is 5.95. The van der Waals surface area contributed by atoms with Crippen molar-refractivity contribution in [3.63, 3.8) is 0 Å². The van der Waals surface area contributed by atoms with Crippen molar-refractivity contribution in [2.45, 2.75) is 13.3 Å². The highest BCUT2D eigenvalue weighted by Crippen LogP contribution is 2.25. The zero-order chi connectivity index (χ0) is 20.8. The van der Waals surface area contributed by atoms with Crippen molar-refractivity contribution in [2.75, 3.05) is 6.54 Å². The molecular weight excluding hydrogens is 392 g/mol. The number of carbonyl (C=O) groups is 3. The van der Waals surface area contributed by atoms with Crippen molar-refractivity contribution in [1.29, 1.82) is 0 Å². The molecule has 8 heteroatoms. The van der Waals surface area contributed by atoms with Gasteiger partial charge in [0.25, 0.3) is 5.91 Å². The summed E-state index contributed by atoms with van der Waals surface area (Å²) in [5.41, 5.74) is 7.23. The predicted molar refractivity (Wildman–Crippen MR) is 111 cm³/mol. The van der Waals surface area contributed by atoms with Crippen molar-refractivity contribution in [3.05, 3.63) is 65.2 Å². The Hall–Kier alpha value is -3.45. The van der Waals surface area contributed by atoms with Crippen LogP contribution in [0.25, 0.3) is 22.2 Å². The summed E-state index contributed by atoms with van der Waals surface area (Å²) < 4.78 is 0. The number of fused-ring (bicyclic) bond motifs is 1. The molecule has 3 N–H and O–H groups in total. The molecule has 3 rings (SSSR count). The Kier molecular flexibility index (Phi) is 6.41. The van der Waals surface area contributed by atoms with Gasteiger partial charge in [-0.25, -0.2) is 4.98 Å². The van der Waals surface area contributed by atoms with Gasteiger partial charge >= 0.3 is 0 Å². The molecule has 0 fully saturated rings. The van der Waals surface area contributed by atoms with Crippen LogP contribution in [0.5, 0.6) is 0 Å². The SMILES string of the molecule is CC(=O)NCCC(=O)NNC(=O)c1cc(-c2ccc(Cl)cc2)nc2ccccc12. The van der Waals surface area contributed by atoms with E-state index in [4.69, 9.17) is 11.6 Å². The summed E-state index contributed by atoms with van der Waals surface area (Å²) in [7, 11) is 0. The molecule has 0 spiro atoms. The lowest BCUT2D eigenvalue weighted by molar-refractivity contribution is -0.122. The quantitative estimate of drug-likeness (QED) is 0.563. The zero-order valence-corrected chi connectivity index (χ0v) is 16.4. The van der Waals surface area contributed by atoms with E-state index in [1.807, 2.05) is 30.3 Å². The summed E-state index contributed by atoms with van der Waals surface area (Å²) in [5.74, 6) is -1.10. The van der Waals surface area contributed by atoms with Crippen molar-refractivity contribution in [1.82, 2.24) is 21.2 Å². The Balaban J connectivity index is 1.81. The number of rotatable bonds is 5. The lowest BCUT2D eigenvalue weighted by Gasteiger charge is -2.11. The van der Waals surface area contributed by atoms with E-state index in [0.29, 0.717) is 27.2 Å². The second-order valence-electron chi connectivity index (χ2n) is 6.31. The third-order valence-electron chi connectivity index (χ3n) is 4.14. The summed E-state index contributed by atoms with van der Waals surface area (Å²) in [6, 6.07) is 16.1. The van der Waals surface area contributed by atoms with Crippen LogP contribution in [0.15, 0.2) is 54.6 Å². The number of aromatic nitrogens is 1. The van der Waals surface area contributed by atoms with E-state index >= 15 is 0 Å². The second kappa shape index (κ2) is 9.16. The van der Waals surface area contributed by atoms with Crippen molar-refractivity contribution >= 4 is 40.2 Å². The molecule has 3 aromatic rings. The van der Waals surface area contributed by atoms with Crippen LogP contribution in [-0.4, -0.2) is 29.3 Å². The maximum Gasteiger partial charge on any atom is 0.270 e. The fourth-order valence-corrected chi connectivity index (χ4v) is 2.87. The third-order valence-corrected chi connectivity index (χ3v) is 4.39. The molecule has 3 amide bonds. The number of hydrazine groups is 1. The molecule has 0 aliphatic carbocycles. The normalized spacial score (nSPS) is 10.4. The lowest BCUT2D eigenvalue weighted by atomic mass is 10.0. The zero-order valence-electron chi connectivity index (χ0n) is 15.7. The molecule has 7 nitrogen and oxygen atoms in total. The summed E-state index contributed by atoms with van der Waals surface area (Å²) in [5, 5.41) is 3.79. The molecule has 1 heterocycles. The standard InChI is InChI=1S/C21H19ClN4O3/c1-13(27)23-11-10-20(28)25-26-21(29)17-12-19(14-6-8-15(22)9-7-14)24-18-5-3-2-4-16(17)18/h2-9,12H,10-11H2,1H3,(H,23,27)(H,25,28)(H,26,29). The minimum absolute atomic E-state index is 0.0486. The Morgan fingerprint density at radius 2 is 1.72 bits per heavy atom. The van der Waals surface area contributed by atoms with Gasteiger partial charge in [0.2, 0.25) is 11.8 Å². The minimum Gasteiger partial charge on any atom is -0.356 e. The molecule has 0 aliphatic heterocycles. The molecule has 29 heavy (non-hydrogen) atoms. The van der Waals surface area contributed by atoms with E-state index < -0.39 is 11.8 Å². The molecule has 1 aromatic heterocycles. The van der Waals surface area contributed by atoms with Gasteiger partial charge in [0.15, 0.2) is 0 Å². The average Bonchev–Trinajstić information content (AvgIpc) is 2.71. The maximum atomic E-state index is 12.7. The molecular formula is C21H19ClN4O3. The predicted octanol–water partition coefficient (Wildman–Crippen LogP) is 2.84. The number of pyridine rings is 1. The van der Waals surface area contributed by atoms with Gasteiger partial charge in [-0.2, -0.15) is 0 Å². The molecule has 0 saturated carbocycles. The van der Waals surface area contributed by atoms with Gasteiger partial charge in [-0.3, -0.25) is 25.2 Å². The Labute approximate surface area is 172 Å². The highest BCUT2D eigenvalue weighted by molar-refractivity contribution is 6.30. The van der Waals surface area contributed by atoms with E-state index in [1.165, 1.54) is 6.92 Å². The van der Waals surface area contributed by atoms with Gasteiger partial charge in [-0.05, 0) is 24.3 Å². The molecule has 0 unspecified atom stereocenters. The highest BCUT2D eigenvalue weighted by Gasteiger charge is 2.14. The first-order chi connectivity index (χ1) is 13.9. The van der Waals surface area contributed by atoms with Gasteiger partial charge in [0.05, 0.1) is 16.8 Å². The molecule has 0 atom stereocenters. The van der Waals surface area contributed by atoms with E-state index in [9.17, 15) is 14.4 Å². The smallest absolute Gasteiger partial charge is 0.270 e. The Bertz CT molecular complexity index is 1070. The Morgan fingerprint density at radius 1 is 1.00 bits per heavy atom. The minimum atomic E-state index is -0.466. The van der Waals surface area contributed by atoms with Gasteiger partial charge in [0, 0.05) is 35.9 Å². The third kappa shape index (κ3) is 5.30. The van der Waals surface area contributed by atoms with E-state index in [0.717, 1.165) is 5.56 Å². The first kappa shape index (κ1) is 20.3. The molecule has 0 radical (unpaired) electrons. The first-order valence-electron chi connectivity index (χ1n) is 8.93.